The minimum atomic E-state index is 1.01. The van der Waals surface area contributed by atoms with Gasteiger partial charge in [-0.3, -0.25) is 0 Å². The maximum absolute atomic E-state index is 2.23. The molecular weight excluding hydrogens is 272 g/mol. The Balaban J connectivity index is 2.01. The van der Waals surface area contributed by atoms with E-state index in [1.807, 2.05) is 0 Å². The average Bonchev–Trinajstić information content (AvgIpc) is 3.01. The monoisotopic (exact) mass is 298 g/mol. The molecule has 0 spiro atoms. The van der Waals surface area contributed by atoms with Crippen LogP contribution in [0.5, 0.6) is 0 Å². The third kappa shape index (κ3) is 10.8. The highest BCUT2D eigenvalue weighted by atomic mass is 32.1. The molecule has 1 aromatic rings. The van der Waals surface area contributed by atoms with Gasteiger partial charge in [-0.2, -0.15) is 11.3 Å². The van der Waals surface area contributed by atoms with Crippen LogP contribution in [0.2, 0.25) is 0 Å². The van der Waals surface area contributed by atoms with Crippen molar-refractivity contribution in [2.45, 2.75) is 39.0 Å². The number of allylic oxidation sites excluding steroid dienone is 9. The van der Waals surface area contributed by atoms with Gasteiger partial charge in [0.2, 0.25) is 0 Å². The molecule has 0 saturated carbocycles. The molecule has 0 nitrogen and oxygen atoms in total. The lowest BCUT2D eigenvalue weighted by atomic mass is 10.2. The van der Waals surface area contributed by atoms with Gasteiger partial charge in [0.25, 0.3) is 0 Å². The Bertz CT molecular complexity index is 470. The van der Waals surface area contributed by atoms with Crippen molar-refractivity contribution in [3.63, 3.8) is 0 Å². The Labute approximate surface area is 133 Å². The number of hydrogen-bond acceptors (Lipinski definition) is 1. The summed E-state index contributed by atoms with van der Waals surface area (Å²) in [6.45, 7) is 2.16. The summed E-state index contributed by atoms with van der Waals surface area (Å²) in [6, 6.07) is 2.14. The van der Waals surface area contributed by atoms with Crippen molar-refractivity contribution < 1.29 is 0 Å². The third-order valence-corrected chi connectivity index (χ3v) is 3.55. The molecule has 1 rings (SSSR count). The second kappa shape index (κ2) is 13.4. The maximum atomic E-state index is 2.23. The van der Waals surface area contributed by atoms with Gasteiger partial charge in [0, 0.05) is 0 Å². The van der Waals surface area contributed by atoms with E-state index in [-0.39, 0.29) is 0 Å². The van der Waals surface area contributed by atoms with E-state index in [0.29, 0.717) is 0 Å². The van der Waals surface area contributed by atoms with Gasteiger partial charge in [-0.15, -0.1) is 0 Å². The van der Waals surface area contributed by atoms with Gasteiger partial charge in [-0.1, -0.05) is 67.7 Å². The second-order valence-electron chi connectivity index (χ2n) is 4.70. The van der Waals surface area contributed by atoms with Gasteiger partial charge >= 0.3 is 0 Å². The first-order valence-corrected chi connectivity index (χ1v) is 8.66. The molecule has 1 heterocycles. The van der Waals surface area contributed by atoms with Gasteiger partial charge in [0.1, 0.15) is 0 Å². The van der Waals surface area contributed by atoms with Crippen LogP contribution in [0.1, 0.15) is 44.6 Å². The molecule has 1 aromatic heterocycles. The van der Waals surface area contributed by atoms with E-state index in [2.05, 4.69) is 84.5 Å². The molecule has 0 aliphatic carbocycles. The van der Waals surface area contributed by atoms with Crippen molar-refractivity contribution in [1.82, 2.24) is 0 Å². The molecule has 0 aromatic carbocycles. The molecule has 21 heavy (non-hydrogen) atoms. The van der Waals surface area contributed by atoms with Gasteiger partial charge in [-0.05, 0) is 54.5 Å². The van der Waals surface area contributed by atoms with E-state index in [0.717, 1.165) is 32.1 Å². The zero-order valence-corrected chi connectivity index (χ0v) is 13.8. The summed E-state index contributed by atoms with van der Waals surface area (Å²) < 4.78 is 0. The molecule has 0 N–H and O–H groups in total. The molecule has 0 amide bonds. The van der Waals surface area contributed by atoms with Crippen molar-refractivity contribution in [2.75, 3.05) is 0 Å². The Morgan fingerprint density at radius 1 is 0.762 bits per heavy atom. The Hall–Kier alpha value is -1.60. The smallest absolute Gasteiger partial charge is 0.00209 e. The Morgan fingerprint density at radius 2 is 1.29 bits per heavy atom. The lowest BCUT2D eigenvalue weighted by molar-refractivity contribution is 1.19. The van der Waals surface area contributed by atoms with Gasteiger partial charge in [0.15, 0.2) is 0 Å². The van der Waals surface area contributed by atoms with E-state index >= 15 is 0 Å². The highest BCUT2D eigenvalue weighted by Gasteiger charge is 1.82. The molecule has 1 heteroatoms. The highest BCUT2D eigenvalue weighted by Crippen LogP contribution is 2.08. The molecule has 0 atom stereocenters. The second-order valence-corrected chi connectivity index (χ2v) is 5.48. The third-order valence-electron chi connectivity index (χ3n) is 2.84. The van der Waals surface area contributed by atoms with Crippen molar-refractivity contribution in [1.29, 1.82) is 0 Å². The van der Waals surface area contributed by atoms with Crippen molar-refractivity contribution in [3.05, 3.63) is 77.1 Å². The summed E-state index contributed by atoms with van der Waals surface area (Å²) in [7, 11) is 0. The van der Waals surface area contributed by atoms with Crippen LogP contribution in [0.25, 0.3) is 6.08 Å². The molecule has 0 unspecified atom stereocenters. The van der Waals surface area contributed by atoms with E-state index in [1.165, 1.54) is 5.56 Å². The van der Waals surface area contributed by atoms with Crippen molar-refractivity contribution in [2.24, 2.45) is 0 Å². The quantitative estimate of drug-likeness (QED) is 0.410. The minimum Gasteiger partial charge on any atom is -0.152 e. The van der Waals surface area contributed by atoms with Gasteiger partial charge in [0.05, 0.1) is 0 Å². The first-order chi connectivity index (χ1) is 10.4. The largest absolute Gasteiger partial charge is 0.152 e. The fourth-order valence-corrected chi connectivity index (χ4v) is 2.36. The van der Waals surface area contributed by atoms with Crippen LogP contribution in [0.3, 0.4) is 0 Å². The summed E-state index contributed by atoms with van der Waals surface area (Å²) in [5, 5.41) is 4.27. The molecule has 0 bridgehead atoms. The van der Waals surface area contributed by atoms with E-state index in [4.69, 9.17) is 0 Å². The van der Waals surface area contributed by atoms with E-state index in [1.54, 1.807) is 11.3 Å². The molecule has 0 fully saturated rings. The van der Waals surface area contributed by atoms with E-state index in [9.17, 15) is 0 Å². The molecule has 0 aliphatic rings. The molecule has 0 aliphatic heterocycles. The average molecular weight is 298 g/mol. The Morgan fingerprint density at radius 3 is 1.76 bits per heavy atom. The summed E-state index contributed by atoms with van der Waals surface area (Å²) in [6.07, 6.45) is 27.4. The normalized spacial score (nSPS) is 13.0. The highest BCUT2D eigenvalue weighted by molar-refractivity contribution is 7.08. The van der Waals surface area contributed by atoms with Crippen LogP contribution in [-0.2, 0) is 0 Å². The lowest BCUT2D eigenvalue weighted by Gasteiger charge is -1.85. The SMILES string of the molecule is CC/C=C\C/C=C\C/C=C\C/C=C\C/C=C\c1ccsc1. The van der Waals surface area contributed by atoms with Crippen LogP contribution in [0.15, 0.2) is 71.5 Å². The zero-order valence-electron chi connectivity index (χ0n) is 12.9. The fraction of sp³-hybridized carbons (Fsp3) is 0.300. The summed E-state index contributed by atoms with van der Waals surface area (Å²) in [5.41, 5.74) is 1.30. The summed E-state index contributed by atoms with van der Waals surface area (Å²) >= 11 is 1.74. The van der Waals surface area contributed by atoms with Crippen LogP contribution >= 0.6 is 11.3 Å². The number of rotatable bonds is 10. The Kier molecular flexibility index (Phi) is 11.1. The standard InChI is InChI=1S/C20H26S/c1-2-3-4-5-6-7-8-9-10-11-12-13-14-15-16-20-17-18-21-19-20/h3-4,6-7,9-10,12-13,15-19H,2,5,8,11,14H2,1H3/b4-3-,7-6-,10-9-,13-12-,16-15-. The maximum Gasteiger partial charge on any atom is -0.00209 e. The zero-order chi connectivity index (χ0) is 15.0. The number of thiophene rings is 1. The molecule has 0 radical (unpaired) electrons. The fourth-order valence-electron chi connectivity index (χ4n) is 1.73. The molecular formula is C20H26S. The number of hydrogen-bond donors (Lipinski definition) is 0. The summed E-state index contributed by atoms with van der Waals surface area (Å²) in [5.74, 6) is 0. The molecule has 0 saturated heterocycles. The van der Waals surface area contributed by atoms with Crippen LogP contribution < -0.4 is 0 Å². The lowest BCUT2D eigenvalue weighted by Crippen LogP contribution is -1.64. The summed E-state index contributed by atoms with van der Waals surface area (Å²) in [4.78, 5) is 0. The minimum absolute atomic E-state index is 1.01. The predicted octanol–water partition coefficient (Wildman–Crippen LogP) is 6.96. The van der Waals surface area contributed by atoms with Crippen LogP contribution in [0, 0.1) is 0 Å². The first-order valence-electron chi connectivity index (χ1n) is 7.72. The first kappa shape index (κ1) is 17.5. The molecule has 112 valence electrons. The van der Waals surface area contributed by atoms with Gasteiger partial charge in [-0.25, -0.2) is 0 Å². The van der Waals surface area contributed by atoms with Crippen molar-refractivity contribution >= 4 is 17.4 Å². The topological polar surface area (TPSA) is 0 Å². The van der Waals surface area contributed by atoms with Crippen molar-refractivity contribution in [3.8, 4) is 0 Å². The van der Waals surface area contributed by atoms with Crippen LogP contribution in [-0.4, -0.2) is 0 Å². The predicted molar refractivity (Wildman–Crippen MR) is 98.7 cm³/mol. The van der Waals surface area contributed by atoms with Gasteiger partial charge < -0.3 is 0 Å². The van der Waals surface area contributed by atoms with E-state index < -0.39 is 0 Å². The van der Waals surface area contributed by atoms with Crippen LogP contribution in [0.4, 0.5) is 0 Å².